The van der Waals surface area contributed by atoms with Gasteiger partial charge in [-0.2, -0.15) is 0 Å². The molecular weight excluding hydrogens is 430 g/mol. The van der Waals surface area contributed by atoms with Gasteiger partial charge < -0.3 is 9.15 Å². The maximum atomic E-state index is 14.4. The van der Waals surface area contributed by atoms with Gasteiger partial charge in [-0.15, -0.1) is 0 Å². The Bertz CT molecular complexity index is 972. The SMILES string of the molecule is CC.CSN.Cc1ccc(F)c(-c2cccc(F)c2OCc2cnc(C3CCCC3)o2)c1. The Balaban J connectivity index is 0.000000671. The number of rotatable bonds is 5. The number of hydrogen-bond donors (Lipinski definition) is 1. The number of ether oxygens (including phenoxy) is 1. The highest BCUT2D eigenvalue weighted by molar-refractivity contribution is 7.96. The van der Waals surface area contributed by atoms with E-state index in [1.165, 1.54) is 36.9 Å². The fourth-order valence-corrected chi connectivity index (χ4v) is 3.61. The fourth-order valence-electron chi connectivity index (χ4n) is 3.61. The van der Waals surface area contributed by atoms with Crippen LogP contribution in [0.2, 0.25) is 0 Å². The molecule has 0 bridgehead atoms. The molecular formula is C25H32F2N2O2S. The lowest BCUT2D eigenvalue weighted by molar-refractivity contribution is 0.253. The molecule has 1 heterocycles. The van der Waals surface area contributed by atoms with E-state index in [1.807, 2.05) is 27.0 Å². The molecule has 2 N–H and O–H groups in total. The zero-order valence-electron chi connectivity index (χ0n) is 19.2. The molecule has 1 aliphatic rings. The molecule has 1 saturated carbocycles. The van der Waals surface area contributed by atoms with Gasteiger partial charge in [-0.1, -0.05) is 62.4 Å². The predicted molar refractivity (Wildman–Crippen MR) is 128 cm³/mol. The van der Waals surface area contributed by atoms with E-state index < -0.39 is 11.6 Å². The molecule has 174 valence electrons. The number of nitrogens with two attached hydrogens (primary N) is 1. The molecule has 1 fully saturated rings. The quantitative estimate of drug-likeness (QED) is 0.400. The molecule has 0 saturated heterocycles. The minimum atomic E-state index is -0.538. The Morgan fingerprint density at radius 1 is 1.09 bits per heavy atom. The lowest BCUT2D eigenvalue weighted by Gasteiger charge is -2.13. The molecule has 0 radical (unpaired) electrons. The molecule has 4 nitrogen and oxygen atoms in total. The van der Waals surface area contributed by atoms with Crippen LogP contribution in [-0.2, 0) is 6.61 Å². The zero-order chi connectivity index (χ0) is 23.5. The topological polar surface area (TPSA) is 61.3 Å². The highest BCUT2D eigenvalue weighted by Crippen LogP contribution is 2.36. The third-order valence-corrected chi connectivity index (χ3v) is 5.01. The number of aromatic nitrogens is 1. The summed E-state index contributed by atoms with van der Waals surface area (Å²) in [5.41, 5.74) is 1.58. The van der Waals surface area contributed by atoms with Crippen LogP contribution in [0, 0.1) is 18.6 Å². The van der Waals surface area contributed by atoms with E-state index in [4.69, 9.17) is 14.3 Å². The summed E-state index contributed by atoms with van der Waals surface area (Å²) in [5.74, 6) is 0.688. The van der Waals surface area contributed by atoms with Crippen LogP contribution in [0.5, 0.6) is 5.75 Å². The average Bonchev–Trinajstić information content (AvgIpc) is 3.48. The van der Waals surface area contributed by atoms with E-state index in [2.05, 4.69) is 4.98 Å². The second kappa shape index (κ2) is 13.2. The van der Waals surface area contributed by atoms with Crippen molar-refractivity contribution in [3.05, 3.63) is 71.4 Å². The third kappa shape index (κ3) is 6.81. The molecule has 7 heteroatoms. The monoisotopic (exact) mass is 462 g/mol. The van der Waals surface area contributed by atoms with Gasteiger partial charge in [0.2, 0.25) is 0 Å². The van der Waals surface area contributed by atoms with Gasteiger partial charge in [0.15, 0.2) is 23.2 Å². The van der Waals surface area contributed by atoms with Crippen LogP contribution < -0.4 is 9.88 Å². The normalized spacial score (nSPS) is 13.1. The van der Waals surface area contributed by atoms with Crippen LogP contribution in [0.25, 0.3) is 11.1 Å². The van der Waals surface area contributed by atoms with Crippen molar-refractivity contribution in [2.45, 2.75) is 59.0 Å². The smallest absolute Gasteiger partial charge is 0.197 e. The molecule has 0 spiro atoms. The predicted octanol–water partition coefficient (Wildman–Crippen LogP) is 7.41. The van der Waals surface area contributed by atoms with Gasteiger partial charge in [0.1, 0.15) is 12.4 Å². The van der Waals surface area contributed by atoms with Crippen molar-refractivity contribution in [3.8, 4) is 16.9 Å². The first-order valence-corrected chi connectivity index (χ1v) is 12.2. The largest absolute Gasteiger partial charge is 0.482 e. The van der Waals surface area contributed by atoms with Crippen LogP contribution in [-0.4, -0.2) is 11.2 Å². The van der Waals surface area contributed by atoms with Gasteiger partial charge >= 0.3 is 0 Å². The van der Waals surface area contributed by atoms with Crippen molar-refractivity contribution in [1.29, 1.82) is 0 Å². The molecule has 0 aliphatic heterocycles. The van der Waals surface area contributed by atoms with Crippen LogP contribution in [0.4, 0.5) is 8.78 Å². The highest BCUT2D eigenvalue weighted by Gasteiger charge is 2.22. The molecule has 3 aromatic rings. The molecule has 0 amide bonds. The number of benzene rings is 2. The van der Waals surface area contributed by atoms with Gasteiger partial charge in [-0.3, -0.25) is 5.14 Å². The fraction of sp³-hybridized carbons (Fsp3) is 0.400. The van der Waals surface area contributed by atoms with Crippen molar-refractivity contribution >= 4 is 11.9 Å². The summed E-state index contributed by atoms with van der Waals surface area (Å²) in [6.07, 6.45) is 8.01. The van der Waals surface area contributed by atoms with E-state index >= 15 is 0 Å². The van der Waals surface area contributed by atoms with Gasteiger partial charge in [0.05, 0.1) is 6.20 Å². The second-order valence-electron chi connectivity index (χ2n) is 7.27. The van der Waals surface area contributed by atoms with Crippen molar-refractivity contribution in [2.75, 3.05) is 6.26 Å². The lowest BCUT2D eigenvalue weighted by Crippen LogP contribution is -1.99. The lowest BCUT2D eigenvalue weighted by atomic mass is 10.0. The molecule has 0 unspecified atom stereocenters. The Kier molecular flexibility index (Phi) is 10.7. The number of nitrogens with zero attached hydrogens (tertiary/aromatic N) is 1. The third-order valence-electron chi connectivity index (χ3n) is 5.01. The summed E-state index contributed by atoms with van der Waals surface area (Å²) in [6.45, 7) is 5.91. The summed E-state index contributed by atoms with van der Waals surface area (Å²) in [6, 6.07) is 9.24. The van der Waals surface area contributed by atoms with Crippen LogP contribution >= 0.6 is 11.9 Å². The van der Waals surface area contributed by atoms with E-state index in [0.29, 0.717) is 22.8 Å². The Morgan fingerprint density at radius 3 is 2.47 bits per heavy atom. The van der Waals surface area contributed by atoms with Gasteiger partial charge in [-0.05, 0) is 44.2 Å². The van der Waals surface area contributed by atoms with Gasteiger partial charge in [0.25, 0.3) is 0 Å². The number of hydrogen-bond acceptors (Lipinski definition) is 5. The summed E-state index contributed by atoms with van der Waals surface area (Å²) in [7, 11) is 0. The van der Waals surface area contributed by atoms with Gasteiger partial charge in [0, 0.05) is 17.0 Å². The number of halogens is 2. The van der Waals surface area contributed by atoms with Crippen LogP contribution in [0.3, 0.4) is 0 Å². The van der Waals surface area contributed by atoms with Crippen molar-refractivity contribution in [1.82, 2.24) is 4.98 Å². The Morgan fingerprint density at radius 2 is 1.78 bits per heavy atom. The Labute approximate surface area is 193 Å². The van der Waals surface area contributed by atoms with Crippen molar-refractivity contribution < 1.29 is 17.9 Å². The van der Waals surface area contributed by atoms with Crippen molar-refractivity contribution in [3.63, 3.8) is 0 Å². The second-order valence-corrected chi connectivity index (χ2v) is 7.74. The average molecular weight is 463 g/mol. The summed E-state index contributed by atoms with van der Waals surface area (Å²) in [5, 5.41) is 4.76. The van der Waals surface area contributed by atoms with Crippen LogP contribution in [0.1, 0.15) is 62.7 Å². The molecule has 1 aliphatic carbocycles. The number of oxazole rings is 1. The minimum absolute atomic E-state index is 0.0146. The minimum Gasteiger partial charge on any atom is -0.482 e. The number of aryl methyl sites for hydroxylation is 1. The first kappa shape index (κ1) is 25.9. The maximum absolute atomic E-state index is 14.4. The number of para-hydroxylation sites is 1. The van der Waals surface area contributed by atoms with Crippen LogP contribution in [0.15, 0.2) is 47.0 Å². The molecule has 2 aromatic carbocycles. The van der Waals surface area contributed by atoms with E-state index in [-0.39, 0.29) is 12.4 Å². The van der Waals surface area contributed by atoms with E-state index in [0.717, 1.165) is 24.3 Å². The summed E-state index contributed by atoms with van der Waals surface area (Å²) < 4.78 is 40.2. The first-order chi connectivity index (χ1) is 15.5. The Hall–Kier alpha value is -2.38. The zero-order valence-corrected chi connectivity index (χ0v) is 20.0. The van der Waals surface area contributed by atoms with Gasteiger partial charge in [-0.25, -0.2) is 13.8 Å². The maximum Gasteiger partial charge on any atom is 0.197 e. The van der Waals surface area contributed by atoms with E-state index in [9.17, 15) is 8.78 Å². The van der Waals surface area contributed by atoms with E-state index in [1.54, 1.807) is 30.5 Å². The molecule has 1 aromatic heterocycles. The molecule has 0 atom stereocenters. The van der Waals surface area contributed by atoms with Crippen molar-refractivity contribution in [2.24, 2.45) is 5.14 Å². The first-order valence-electron chi connectivity index (χ1n) is 10.9. The molecule has 32 heavy (non-hydrogen) atoms. The summed E-state index contributed by atoms with van der Waals surface area (Å²) in [4.78, 5) is 4.34. The highest BCUT2D eigenvalue weighted by atomic mass is 32.2. The molecule has 4 rings (SSSR count). The summed E-state index contributed by atoms with van der Waals surface area (Å²) >= 11 is 1.25. The standard InChI is InChI=1S/C22H21F2NO2.C2H6.CH5NS/c1-14-9-10-19(23)18(11-14)17-7-4-8-20(24)21(17)26-13-16-12-25-22(27-16)15-5-2-3-6-15;1-2;1-3-2/h4,7-12,15H,2-3,5-6,13H2,1H3;1-2H3;2H2,1H3.